The van der Waals surface area contributed by atoms with Crippen molar-refractivity contribution in [2.75, 3.05) is 11.9 Å². The highest BCUT2D eigenvalue weighted by atomic mass is 31.3. The summed E-state index contributed by atoms with van der Waals surface area (Å²) >= 11 is 0. The van der Waals surface area contributed by atoms with E-state index in [0.29, 0.717) is 0 Å². The summed E-state index contributed by atoms with van der Waals surface area (Å²) in [5, 5.41) is 30.9. The molecule has 0 aliphatic carbocycles. The molecule has 1 aliphatic heterocycles. The summed E-state index contributed by atoms with van der Waals surface area (Å²) in [5.74, 6) is -2.13. The molecule has 1 aliphatic rings. The minimum atomic E-state index is -5.37. The first kappa shape index (κ1) is 26.2. The van der Waals surface area contributed by atoms with Gasteiger partial charge in [0.05, 0.1) is 13.0 Å². The first-order valence-electron chi connectivity index (χ1n) is 8.55. The molecule has 1 fully saturated rings. The highest BCUT2D eigenvalue weighted by Crippen LogP contribution is 2.57. The van der Waals surface area contributed by atoms with E-state index in [0.717, 1.165) is 16.8 Å². The third-order valence-electron chi connectivity index (χ3n) is 3.89. The molecular weight excluding hydrogens is 484 g/mol. The molecule has 0 radical (unpaired) electrons. The predicted octanol–water partition coefficient (Wildman–Crippen LogP) is -2.11. The number of carboxylic acid groups (broad SMARTS) is 1. The smallest absolute Gasteiger partial charge is 0.481 e. The Kier molecular flexibility index (Phi) is 8.41. The van der Waals surface area contributed by atoms with Crippen LogP contribution in [0.2, 0.25) is 0 Å². The van der Waals surface area contributed by atoms with Gasteiger partial charge in [-0.2, -0.15) is 9.29 Å². The number of nitrogens with one attached hydrogen (secondary N) is 1. The van der Waals surface area contributed by atoms with Crippen molar-refractivity contribution in [1.82, 2.24) is 9.55 Å². The predicted molar refractivity (Wildman–Crippen MR) is 98.8 cm³/mol. The molecule has 17 nitrogen and oxygen atoms in total. The molecule has 180 valence electrons. The minimum absolute atomic E-state index is 0.217. The number of phosphoric ester groups is 1. The number of carbonyl (C=O) groups excluding carboxylic acids is 1. The van der Waals surface area contributed by atoms with Gasteiger partial charge in [-0.15, -0.1) is 0 Å². The lowest BCUT2D eigenvalue weighted by Gasteiger charge is -2.18. The first-order chi connectivity index (χ1) is 14.7. The Morgan fingerprint density at radius 2 is 1.84 bits per heavy atom. The van der Waals surface area contributed by atoms with E-state index in [1.807, 2.05) is 0 Å². The maximum absolute atomic E-state index is 12.2. The second kappa shape index (κ2) is 10.3. The van der Waals surface area contributed by atoms with Gasteiger partial charge in [0.2, 0.25) is 5.91 Å². The number of aliphatic hydroxyl groups excluding tert-OH is 2. The molecule has 5 atom stereocenters. The highest BCUT2D eigenvalue weighted by Gasteiger charge is 2.45. The van der Waals surface area contributed by atoms with E-state index in [9.17, 15) is 38.6 Å². The summed E-state index contributed by atoms with van der Waals surface area (Å²) in [6.45, 7) is -0.956. The molecule has 1 amide bonds. The van der Waals surface area contributed by atoms with Crippen LogP contribution in [0.3, 0.4) is 0 Å². The zero-order valence-electron chi connectivity index (χ0n) is 15.8. The molecule has 0 aromatic carbocycles. The van der Waals surface area contributed by atoms with Gasteiger partial charge in [0.1, 0.15) is 24.1 Å². The summed E-state index contributed by atoms with van der Waals surface area (Å²) in [6.07, 6.45) is -6.32. The molecule has 1 aromatic rings. The zero-order chi connectivity index (χ0) is 24.3. The van der Waals surface area contributed by atoms with Crippen molar-refractivity contribution in [3.8, 4) is 0 Å². The average molecular weight is 503 g/mol. The third-order valence-corrected chi connectivity index (χ3v) is 6.04. The van der Waals surface area contributed by atoms with Crippen molar-refractivity contribution < 1.29 is 62.3 Å². The standard InChI is InChI=1S/C13H19N3O14P2/c17-8(1-2-9(18)19)14-7-3-4-16(13(22)15-7)12-11(21)10(20)6(29-12)5-28-32(26,27)30-31(23,24)25/h3-4,6,10-12,20-21H,1-2,5H2,(H,18,19)(H,26,27)(H2,23,24,25)(H,14,15,17,22)/t6-,10-,11+,12-/m1/s1. The Labute approximate surface area is 178 Å². The van der Waals surface area contributed by atoms with Crippen molar-refractivity contribution in [3.05, 3.63) is 22.7 Å². The number of anilines is 1. The van der Waals surface area contributed by atoms with E-state index in [-0.39, 0.29) is 12.2 Å². The van der Waals surface area contributed by atoms with Gasteiger partial charge in [0.15, 0.2) is 6.23 Å². The molecule has 7 N–H and O–H groups in total. The van der Waals surface area contributed by atoms with Crippen molar-refractivity contribution in [2.24, 2.45) is 0 Å². The summed E-state index contributed by atoms with van der Waals surface area (Å²) in [7, 11) is -10.6. The van der Waals surface area contributed by atoms with Crippen LogP contribution < -0.4 is 11.0 Å². The average Bonchev–Trinajstić information content (AvgIpc) is 2.91. The Morgan fingerprint density at radius 3 is 2.41 bits per heavy atom. The number of aromatic nitrogens is 2. The number of aliphatic carboxylic acids is 1. The lowest BCUT2D eigenvalue weighted by atomic mass is 10.1. The van der Waals surface area contributed by atoms with Gasteiger partial charge in [-0.25, -0.2) is 13.9 Å². The minimum Gasteiger partial charge on any atom is -0.481 e. The molecule has 1 aromatic heterocycles. The van der Waals surface area contributed by atoms with Gasteiger partial charge < -0.3 is 40.1 Å². The molecule has 19 heteroatoms. The summed E-state index contributed by atoms with van der Waals surface area (Å²) in [6, 6.07) is 1.13. The monoisotopic (exact) mass is 503 g/mol. The van der Waals surface area contributed by atoms with Crippen LogP contribution >= 0.6 is 15.6 Å². The number of ether oxygens (including phenoxy) is 1. The number of hydrogen-bond donors (Lipinski definition) is 7. The van der Waals surface area contributed by atoms with Gasteiger partial charge in [0, 0.05) is 12.6 Å². The fourth-order valence-electron chi connectivity index (χ4n) is 2.52. The fraction of sp³-hybridized carbons (Fsp3) is 0.538. The van der Waals surface area contributed by atoms with Gasteiger partial charge in [-0.3, -0.25) is 18.7 Å². The van der Waals surface area contributed by atoms with Gasteiger partial charge >= 0.3 is 27.3 Å². The molecular formula is C13H19N3O14P2. The molecule has 0 spiro atoms. The van der Waals surface area contributed by atoms with Crippen LogP contribution in [0.25, 0.3) is 0 Å². The van der Waals surface area contributed by atoms with E-state index >= 15 is 0 Å². The number of rotatable bonds is 10. The third kappa shape index (κ3) is 7.53. The highest BCUT2D eigenvalue weighted by molar-refractivity contribution is 7.60. The fourth-order valence-corrected chi connectivity index (χ4v) is 4.12. The van der Waals surface area contributed by atoms with Gasteiger partial charge in [0.25, 0.3) is 0 Å². The zero-order valence-corrected chi connectivity index (χ0v) is 17.6. The Balaban J connectivity index is 2.05. The van der Waals surface area contributed by atoms with Crippen LogP contribution in [0.15, 0.2) is 17.1 Å². The second-order valence-corrected chi connectivity index (χ2v) is 9.16. The van der Waals surface area contributed by atoms with Crippen LogP contribution in [-0.4, -0.2) is 76.3 Å². The quantitative estimate of drug-likeness (QED) is 0.168. The van der Waals surface area contributed by atoms with E-state index in [1.54, 1.807) is 0 Å². The van der Waals surface area contributed by atoms with E-state index in [2.05, 4.69) is 19.1 Å². The first-order valence-corrected chi connectivity index (χ1v) is 11.6. The Hall–Kier alpha value is -2.04. The maximum Gasteiger partial charge on any atom is 0.481 e. The largest absolute Gasteiger partial charge is 0.481 e. The van der Waals surface area contributed by atoms with Crippen LogP contribution in [0.5, 0.6) is 0 Å². The van der Waals surface area contributed by atoms with E-state index in [4.69, 9.17) is 19.6 Å². The number of amides is 1. The number of nitrogens with zero attached hydrogens (tertiary/aromatic N) is 2. The van der Waals surface area contributed by atoms with Gasteiger partial charge in [-0.05, 0) is 6.07 Å². The summed E-state index contributed by atoms with van der Waals surface area (Å²) in [4.78, 5) is 64.2. The number of carbonyl (C=O) groups is 2. The Morgan fingerprint density at radius 1 is 1.19 bits per heavy atom. The Bertz CT molecular complexity index is 1010. The van der Waals surface area contributed by atoms with Crippen molar-refractivity contribution in [1.29, 1.82) is 0 Å². The van der Waals surface area contributed by atoms with E-state index < -0.39 is 70.8 Å². The van der Waals surface area contributed by atoms with Crippen LogP contribution in [-0.2, 0) is 32.3 Å². The van der Waals surface area contributed by atoms with Crippen LogP contribution in [0.4, 0.5) is 5.82 Å². The molecule has 0 bridgehead atoms. The second-order valence-electron chi connectivity index (χ2n) is 6.33. The molecule has 32 heavy (non-hydrogen) atoms. The molecule has 1 saturated heterocycles. The number of aliphatic hydroxyl groups is 2. The maximum atomic E-state index is 12.2. The van der Waals surface area contributed by atoms with Crippen LogP contribution in [0.1, 0.15) is 19.1 Å². The van der Waals surface area contributed by atoms with E-state index in [1.165, 1.54) is 0 Å². The number of carboxylic acids is 1. The molecule has 2 rings (SSSR count). The van der Waals surface area contributed by atoms with Crippen molar-refractivity contribution in [3.63, 3.8) is 0 Å². The lowest BCUT2D eigenvalue weighted by Crippen LogP contribution is -2.36. The molecule has 0 saturated carbocycles. The molecule has 1 unspecified atom stereocenters. The lowest BCUT2D eigenvalue weighted by molar-refractivity contribution is -0.138. The summed E-state index contributed by atoms with van der Waals surface area (Å²) < 4.78 is 36.0. The number of phosphoric acid groups is 2. The summed E-state index contributed by atoms with van der Waals surface area (Å²) in [5.41, 5.74) is -1.04. The van der Waals surface area contributed by atoms with Crippen molar-refractivity contribution >= 4 is 33.3 Å². The molecule has 2 heterocycles. The van der Waals surface area contributed by atoms with Crippen LogP contribution in [0, 0.1) is 0 Å². The van der Waals surface area contributed by atoms with Crippen molar-refractivity contribution in [2.45, 2.75) is 37.4 Å². The topological polar surface area (TPSA) is 264 Å². The normalized spacial score (nSPS) is 25.3. The van der Waals surface area contributed by atoms with Gasteiger partial charge in [-0.1, -0.05) is 0 Å². The SMILES string of the molecule is O=C(O)CCC(=O)Nc1ccn([C@@H]2O[C@H](COP(=O)(O)OP(=O)(O)O)[C@@H](O)[C@@H]2O)c(=O)n1. The number of hydrogen-bond acceptors (Lipinski definition) is 11.